The van der Waals surface area contributed by atoms with Crippen molar-refractivity contribution < 1.29 is 14.3 Å². The summed E-state index contributed by atoms with van der Waals surface area (Å²) in [6.45, 7) is 7.09. The number of fused-ring (bicyclic) bond motifs is 1. The van der Waals surface area contributed by atoms with Gasteiger partial charge in [-0.15, -0.1) is 11.3 Å². The monoisotopic (exact) mass is 374 g/mol. The molecule has 1 aliphatic rings. The Kier molecular flexibility index (Phi) is 6.52. The van der Waals surface area contributed by atoms with Crippen molar-refractivity contribution >= 4 is 17.2 Å². The van der Waals surface area contributed by atoms with Gasteiger partial charge in [-0.25, -0.2) is 0 Å². The molecule has 2 aromatic rings. The van der Waals surface area contributed by atoms with Crippen molar-refractivity contribution in [1.29, 1.82) is 0 Å². The number of nitrogens with zero attached hydrogens (tertiary/aromatic N) is 1. The van der Waals surface area contributed by atoms with Crippen LogP contribution in [-0.2, 0) is 11.2 Å². The lowest BCUT2D eigenvalue weighted by Gasteiger charge is -2.32. The molecule has 0 bridgehead atoms. The van der Waals surface area contributed by atoms with E-state index in [1.807, 2.05) is 42.5 Å². The number of carbonyl (C=O) groups is 1. The second-order valence-electron chi connectivity index (χ2n) is 6.30. The van der Waals surface area contributed by atoms with Gasteiger partial charge in [0.2, 0.25) is 5.91 Å². The molecule has 0 spiro atoms. The first-order chi connectivity index (χ1) is 12.7. The van der Waals surface area contributed by atoms with Crippen LogP contribution in [0.1, 0.15) is 30.3 Å². The van der Waals surface area contributed by atoms with Crippen LogP contribution in [0, 0.1) is 0 Å². The lowest BCUT2D eigenvalue weighted by atomic mass is 10.0. The second kappa shape index (κ2) is 9.05. The first-order valence-electron chi connectivity index (χ1n) is 9.10. The van der Waals surface area contributed by atoms with Crippen LogP contribution in [0.3, 0.4) is 0 Å². The highest BCUT2D eigenvalue weighted by molar-refractivity contribution is 7.10. The molecule has 0 radical (unpaired) electrons. The molecule has 5 nitrogen and oxygen atoms in total. The number of hydrogen-bond acceptors (Lipinski definition) is 5. The molecule has 0 saturated heterocycles. The maximum Gasteiger partial charge on any atom is 0.234 e. The topological polar surface area (TPSA) is 50.8 Å². The normalized spacial score (nSPS) is 16.8. The number of amides is 1. The molecule has 6 heteroatoms. The fourth-order valence-electron chi connectivity index (χ4n) is 3.18. The Morgan fingerprint density at radius 2 is 1.96 bits per heavy atom. The quantitative estimate of drug-likeness (QED) is 0.721. The maximum atomic E-state index is 12.2. The number of benzene rings is 1. The van der Waals surface area contributed by atoms with Crippen LogP contribution in [0.25, 0.3) is 0 Å². The van der Waals surface area contributed by atoms with Gasteiger partial charge in [-0.3, -0.25) is 9.69 Å². The molecule has 1 aliphatic heterocycles. The molecule has 1 N–H and O–H groups in total. The molecule has 1 aromatic heterocycles. The number of nitrogens with one attached hydrogen (secondary N) is 1. The summed E-state index contributed by atoms with van der Waals surface area (Å²) in [5, 5.41) is 5.08. The van der Waals surface area contributed by atoms with Crippen molar-refractivity contribution in [3.63, 3.8) is 0 Å². The van der Waals surface area contributed by atoms with Crippen LogP contribution in [-0.4, -0.2) is 43.7 Å². The molecule has 0 fully saturated rings. The van der Waals surface area contributed by atoms with Crippen molar-refractivity contribution in [2.75, 3.05) is 32.8 Å². The highest BCUT2D eigenvalue weighted by Gasteiger charge is 2.25. The van der Waals surface area contributed by atoms with Crippen molar-refractivity contribution in [2.24, 2.45) is 0 Å². The smallest absolute Gasteiger partial charge is 0.234 e. The fraction of sp³-hybridized carbons (Fsp3) is 0.450. The minimum atomic E-state index is 0.0471. The lowest BCUT2D eigenvalue weighted by molar-refractivity contribution is -0.123. The van der Waals surface area contributed by atoms with Gasteiger partial charge < -0.3 is 14.8 Å². The van der Waals surface area contributed by atoms with E-state index in [9.17, 15) is 4.79 Å². The molecule has 26 heavy (non-hydrogen) atoms. The highest BCUT2D eigenvalue weighted by atomic mass is 32.1. The Balaban J connectivity index is 1.37. The van der Waals surface area contributed by atoms with Crippen molar-refractivity contribution in [2.45, 2.75) is 26.3 Å². The van der Waals surface area contributed by atoms with Crippen LogP contribution < -0.4 is 14.8 Å². The van der Waals surface area contributed by atoms with E-state index in [0.29, 0.717) is 32.3 Å². The molecule has 1 amide bonds. The average Bonchev–Trinajstić information content (AvgIpc) is 3.12. The molecule has 3 rings (SSSR count). The third-order valence-electron chi connectivity index (χ3n) is 4.58. The number of rotatable bonds is 8. The van der Waals surface area contributed by atoms with E-state index < -0.39 is 0 Å². The number of hydrogen-bond donors (Lipinski definition) is 1. The van der Waals surface area contributed by atoms with Crippen molar-refractivity contribution in [3.05, 3.63) is 46.2 Å². The van der Waals surface area contributed by atoms with E-state index in [-0.39, 0.29) is 5.91 Å². The Morgan fingerprint density at radius 3 is 2.69 bits per heavy atom. The van der Waals surface area contributed by atoms with Gasteiger partial charge in [0.25, 0.3) is 0 Å². The lowest BCUT2D eigenvalue weighted by Crippen LogP contribution is -2.42. The van der Waals surface area contributed by atoms with Crippen molar-refractivity contribution in [1.82, 2.24) is 10.2 Å². The Bertz CT molecular complexity index is 714. The van der Waals surface area contributed by atoms with E-state index in [1.165, 1.54) is 10.4 Å². The maximum absolute atomic E-state index is 12.2. The van der Waals surface area contributed by atoms with Crippen LogP contribution >= 0.6 is 11.3 Å². The summed E-state index contributed by atoms with van der Waals surface area (Å²) in [5.41, 5.74) is 1.37. The summed E-state index contributed by atoms with van der Waals surface area (Å²) < 4.78 is 11.1. The Hall–Kier alpha value is -2.05. The zero-order valence-corrected chi connectivity index (χ0v) is 16.2. The molecule has 0 aliphatic carbocycles. The average molecular weight is 375 g/mol. The van der Waals surface area contributed by atoms with E-state index in [0.717, 1.165) is 24.5 Å². The van der Waals surface area contributed by atoms with Gasteiger partial charge in [0.05, 0.1) is 19.7 Å². The van der Waals surface area contributed by atoms with Gasteiger partial charge in [-0.05, 0) is 61.5 Å². The Morgan fingerprint density at radius 1 is 1.23 bits per heavy atom. The summed E-state index contributed by atoms with van der Waals surface area (Å²) >= 11 is 1.82. The largest absolute Gasteiger partial charge is 0.494 e. The van der Waals surface area contributed by atoms with Gasteiger partial charge >= 0.3 is 0 Å². The minimum absolute atomic E-state index is 0.0471. The van der Waals surface area contributed by atoms with Crippen LogP contribution in [0.5, 0.6) is 11.5 Å². The molecule has 0 saturated carbocycles. The summed E-state index contributed by atoms with van der Waals surface area (Å²) in [6.07, 6.45) is 1.03. The second-order valence-corrected chi connectivity index (χ2v) is 7.30. The van der Waals surface area contributed by atoms with E-state index in [1.54, 1.807) is 0 Å². The Labute approximate surface area is 158 Å². The first-order valence-corrected chi connectivity index (χ1v) is 9.98. The van der Waals surface area contributed by atoms with Crippen LogP contribution in [0.15, 0.2) is 35.7 Å². The van der Waals surface area contributed by atoms with Gasteiger partial charge in [-0.2, -0.15) is 0 Å². The summed E-state index contributed by atoms with van der Waals surface area (Å²) in [6, 6.07) is 10.00. The number of thiophene rings is 1. The summed E-state index contributed by atoms with van der Waals surface area (Å²) in [4.78, 5) is 15.9. The molecule has 2 heterocycles. The summed E-state index contributed by atoms with van der Waals surface area (Å²) in [5.74, 6) is 1.65. The van der Waals surface area contributed by atoms with Crippen molar-refractivity contribution in [3.8, 4) is 11.5 Å². The van der Waals surface area contributed by atoms with Gasteiger partial charge in [0, 0.05) is 17.5 Å². The summed E-state index contributed by atoms with van der Waals surface area (Å²) in [7, 11) is 0. The number of ether oxygens (including phenoxy) is 2. The molecular formula is C20H26N2O3S. The standard InChI is InChI=1S/C20H26N2O3S/c1-3-24-16-4-6-17(7-5-16)25-12-10-21-20(23)14-22-11-8-19-18(15(22)2)9-13-26-19/h4-7,9,13,15H,3,8,10-12,14H2,1-2H3,(H,21,23)/t15-/m1/s1. The van der Waals surface area contributed by atoms with E-state index in [2.05, 4.69) is 28.6 Å². The molecule has 1 aromatic carbocycles. The van der Waals surface area contributed by atoms with Gasteiger partial charge in [0.1, 0.15) is 18.1 Å². The van der Waals surface area contributed by atoms with E-state index in [4.69, 9.17) is 9.47 Å². The highest BCUT2D eigenvalue weighted by Crippen LogP contribution is 2.32. The van der Waals surface area contributed by atoms with Gasteiger partial charge in [0.15, 0.2) is 0 Å². The zero-order chi connectivity index (χ0) is 18.4. The molecular weight excluding hydrogens is 348 g/mol. The third-order valence-corrected chi connectivity index (χ3v) is 5.57. The van der Waals surface area contributed by atoms with Gasteiger partial charge in [-0.1, -0.05) is 0 Å². The first kappa shape index (κ1) is 18.7. The molecule has 1 atom stereocenters. The fourth-order valence-corrected chi connectivity index (χ4v) is 4.14. The molecule has 0 unspecified atom stereocenters. The molecule has 140 valence electrons. The van der Waals surface area contributed by atoms with Crippen LogP contribution in [0.2, 0.25) is 0 Å². The van der Waals surface area contributed by atoms with E-state index >= 15 is 0 Å². The SMILES string of the molecule is CCOc1ccc(OCCNC(=O)CN2CCc3sccc3[C@H]2C)cc1. The third kappa shape index (κ3) is 4.77. The predicted molar refractivity (Wildman–Crippen MR) is 104 cm³/mol. The zero-order valence-electron chi connectivity index (χ0n) is 15.4. The van der Waals surface area contributed by atoms with Crippen LogP contribution in [0.4, 0.5) is 0 Å². The minimum Gasteiger partial charge on any atom is -0.494 e. The number of carbonyl (C=O) groups excluding carboxylic acids is 1. The predicted octanol–water partition coefficient (Wildman–Crippen LogP) is 3.26.